The fourth-order valence-electron chi connectivity index (χ4n) is 4.80. The van der Waals surface area contributed by atoms with Crippen LogP contribution in [0.1, 0.15) is 55.7 Å². The number of benzene rings is 1. The van der Waals surface area contributed by atoms with Crippen molar-refractivity contribution < 1.29 is 0 Å². The fourth-order valence-corrected chi connectivity index (χ4v) is 5.20. The largest absolute Gasteiger partial charge is 0.307 e. The van der Waals surface area contributed by atoms with Crippen LogP contribution in [0, 0.1) is 0 Å². The van der Waals surface area contributed by atoms with Gasteiger partial charge in [0, 0.05) is 28.6 Å². The standard InChI is InChI=1S/C18H25BrN2/c1-21-15-3-2-4-16(21)11-14(10-15)20-18-8-5-12-9-13(19)6-7-17(12)18/h6-7,9,14-16,18,20H,2-5,8,10-11H2,1H3. The minimum atomic E-state index is 0.585. The van der Waals surface area contributed by atoms with Gasteiger partial charge >= 0.3 is 0 Å². The van der Waals surface area contributed by atoms with Crippen molar-refractivity contribution in [1.29, 1.82) is 0 Å². The quantitative estimate of drug-likeness (QED) is 0.867. The average Bonchev–Trinajstić information content (AvgIpc) is 2.82. The first kappa shape index (κ1) is 14.2. The molecule has 114 valence electrons. The lowest BCUT2D eigenvalue weighted by Gasteiger charge is -2.47. The Balaban J connectivity index is 1.46. The highest BCUT2D eigenvalue weighted by molar-refractivity contribution is 9.10. The molecule has 0 spiro atoms. The van der Waals surface area contributed by atoms with Crippen molar-refractivity contribution in [2.24, 2.45) is 0 Å². The zero-order chi connectivity index (χ0) is 14.4. The summed E-state index contributed by atoms with van der Waals surface area (Å²) in [5, 5.41) is 4.00. The van der Waals surface area contributed by atoms with Crippen molar-refractivity contribution in [3.8, 4) is 0 Å². The van der Waals surface area contributed by atoms with Gasteiger partial charge in [-0.1, -0.05) is 28.4 Å². The summed E-state index contributed by atoms with van der Waals surface area (Å²) < 4.78 is 1.22. The molecule has 2 bridgehead atoms. The molecule has 0 aromatic heterocycles. The summed E-state index contributed by atoms with van der Waals surface area (Å²) in [4.78, 5) is 2.65. The van der Waals surface area contributed by atoms with E-state index in [2.05, 4.69) is 51.4 Å². The van der Waals surface area contributed by atoms with Crippen LogP contribution >= 0.6 is 15.9 Å². The lowest BCUT2D eigenvalue weighted by molar-refractivity contribution is 0.0458. The molecule has 1 aromatic carbocycles. The number of halogens is 1. The number of hydrogen-bond acceptors (Lipinski definition) is 2. The summed E-state index contributed by atoms with van der Waals surface area (Å²) in [6.45, 7) is 0. The Labute approximate surface area is 136 Å². The predicted molar refractivity (Wildman–Crippen MR) is 90.6 cm³/mol. The molecule has 1 aliphatic carbocycles. The van der Waals surface area contributed by atoms with E-state index in [0.717, 1.165) is 18.1 Å². The van der Waals surface area contributed by atoms with E-state index >= 15 is 0 Å². The van der Waals surface area contributed by atoms with Crippen LogP contribution in [-0.2, 0) is 6.42 Å². The minimum absolute atomic E-state index is 0.585. The van der Waals surface area contributed by atoms with Crippen molar-refractivity contribution in [1.82, 2.24) is 10.2 Å². The van der Waals surface area contributed by atoms with Gasteiger partial charge < -0.3 is 10.2 Å². The van der Waals surface area contributed by atoms with Crippen molar-refractivity contribution in [3.63, 3.8) is 0 Å². The molecule has 2 saturated heterocycles. The molecule has 2 nitrogen and oxygen atoms in total. The van der Waals surface area contributed by atoms with E-state index in [1.54, 1.807) is 5.56 Å². The second-order valence-electron chi connectivity index (χ2n) is 7.17. The lowest BCUT2D eigenvalue weighted by atomic mass is 9.82. The molecule has 21 heavy (non-hydrogen) atoms. The molecule has 0 radical (unpaired) electrons. The highest BCUT2D eigenvalue weighted by Gasteiger charge is 2.37. The Morgan fingerprint density at radius 2 is 1.90 bits per heavy atom. The second kappa shape index (κ2) is 5.68. The van der Waals surface area contributed by atoms with Gasteiger partial charge in [0.05, 0.1) is 0 Å². The molecule has 2 fully saturated rings. The third-order valence-corrected chi connectivity index (χ3v) is 6.45. The van der Waals surface area contributed by atoms with Crippen molar-refractivity contribution in [2.45, 2.75) is 69.1 Å². The van der Waals surface area contributed by atoms with Crippen LogP contribution in [0.3, 0.4) is 0 Å². The van der Waals surface area contributed by atoms with E-state index in [0.29, 0.717) is 6.04 Å². The van der Waals surface area contributed by atoms with E-state index in [9.17, 15) is 0 Å². The number of fused-ring (bicyclic) bond motifs is 3. The Kier molecular flexibility index (Phi) is 3.85. The van der Waals surface area contributed by atoms with Gasteiger partial charge in [0.15, 0.2) is 0 Å². The maximum atomic E-state index is 4.00. The number of nitrogens with one attached hydrogen (secondary N) is 1. The van der Waals surface area contributed by atoms with Crippen molar-refractivity contribution in [3.05, 3.63) is 33.8 Å². The molecule has 3 heteroatoms. The summed E-state index contributed by atoms with van der Waals surface area (Å²) >= 11 is 3.60. The van der Waals surface area contributed by atoms with Gasteiger partial charge in [0.1, 0.15) is 0 Å². The third-order valence-electron chi connectivity index (χ3n) is 5.96. The lowest BCUT2D eigenvalue weighted by Crippen LogP contribution is -2.54. The van der Waals surface area contributed by atoms with Gasteiger partial charge in [-0.25, -0.2) is 0 Å². The van der Waals surface area contributed by atoms with Crippen LogP contribution in [0.5, 0.6) is 0 Å². The fraction of sp³-hybridized carbons (Fsp3) is 0.667. The van der Waals surface area contributed by atoms with Gasteiger partial charge in [0.2, 0.25) is 0 Å². The SMILES string of the molecule is CN1C2CCCC1CC(NC1CCc3cc(Br)ccc31)C2. The summed E-state index contributed by atoms with van der Waals surface area (Å²) in [6, 6.07) is 9.77. The molecule has 4 rings (SSSR count). The number of hydrogen-bond donors (Lipinski definition) is 1. The molecule has 3 unspecified atom stereocenters. The average molecular weight is 349 g/mol. The first-order chi connectivity index (χ1) is 10.2. The van der Waals surface area contributed by atoms with Crippen LogP contribution < -0.4 is 5.32 Å². The van der Waals surface area contributed by atoms with Crippen molar-refractivity contribution in [2.75, 3.05) is 7.05 Å². The molecule has 0 amide bonds. The van der Waals surface area contributed by atoms with Crippen LogP contribution in [0.4, 0.5) is 0 Å². The van der Waals surface area contributed by atoms with E-state index < -0.39 is 0 Å². The summed E-state index contributed by atoms with van der Waals surface area (Å²) in [5.74, 6) is 0. The summed E-state index contributed by atoms with van der Waals surface area (Å²) in [6.07, 6.45) is 9.43. The summed E-state index contributed by atoms with van der Waals surface area (Å²) in [7, 11) is 2.34. The number of piperidine rings is 2. The molecule has 1 N–H and O–H groups in total. The normalized spacial score (nSPS) is 35.7. The third kappa shape index (κ3) is 2.69. The maximum Gasteiger partial charge on any atom is 0.0328 e. The van der Waals surface area contributed by atoms with Crippen LogP contribution in [0.2, 0.25) is 0 Å². The second-order valence-corrected chi connectivity index (χ2v) is 8.09. The molecule has 2 heterocycles. The van der Waals surface area contributed by atoms with Gasteiger partial charge in [-0.05, 0) is 68.8 Å². The molecule has 3 aliphatic rings. The highest BCUT2D eigenvalue weighted by Crippen LogP contribution is 2.37. The van der Waals surface area contributed by atoms with Gasteiger partial charge in [-0.2, -0.15) is 0 Å². The molecule has 0 saturated carbocycles. The summed E-state index contributed by atoms with van der Waals surface area (Å²) in [5.41, 5.74) is 3.08. The van der Waals surface area contributed by atoms with E-state index in [4.69, 9.17) is 0 Å². The van der Waals surface area contributed by atoms with Gasteiger partial charge in [-0.3, -0.25) is 0 Å². The minimum Gasteiger partial charge on any atom is -0.307 e. The predicted octanol–water partition coefficient (Wildman–Crippen LogP) is 4.04. The zero-order valence-corrected chi connectivity index (χ0v) is 14.4. The smallest absolute Gasteiger partial charge is 0.0328 e. The topological polar surface area (TPSA) is 15.3 Å². The zero-order valence-electron chi connectivity index (χ0n) is 12.8. The molecule has 2 aliphatic heterocycles. The molecule has 1 aromatic rings. The molecule has 3 atom stereocenters. The molecular formula is C18H25BrN2. The number of aryl methyl sites for hydroxylation is 1. The van der Waals surface area contributed by atoms with E-state index in [1.807, 2.05) is 0 Å². The Morgan fingerprint density at radius 1 is 1.14 bits per heavy atom. The first-order valence-corrected chi connectivity index (χ1v) is 9.26. The number of nitrogens with zero attached hydrogens (tertiary/aromatic N) is 1. The molecular weight excluding hydrogens is 324 g/mol. The van der Waals surface area contributed by atoms with Gasteiger partial charge in [0.25, 0.3) is 0 Å². The maximum absolute atomic E-state index is 4.00. The van der Waals surface area contributed by atoms with Gasteiger partial charge in [-0.15, -0.1) is 0 Å². The van der Waals surface area contributed by atoms with Crippen LogP contribution in [0.15, 0.2) is 22.7 Å². The van der Waals surface area contributed by atoms with Crippen molar-refractivity contribution >= 4 is 15.9 Å². The highest BCUT2D eigenvalue weighted by atomic mass is 79.9. The Morgan fingerprint density at radius 3 is 2.67 bits per heavy atom. The first-order valence-electron chi connectivity index (χ1n) is 8.47. The Bertz CT molecular complexity index is 516. The Hall–Kier alpha value is -0.380. The van der Waals surface area contributed by atoms with E-state index in [-0.39, 0.29) is 0 Å². The monoisotopic (exact) mass is 348 g/mol. The van der Waals surface area contributed by atoms with Crippen LogP contribution in [-0.4, -0.2) is 30.1 Å². The van der Waals surface area contributed by atoms with Crippen LogP contribution in [0.25, 0.3) is 0 Å². The van der Waals surface area contributed by atoms with E-state index in [1.165, 1.54) is 55.0 Å². The number of rotatable bonds is 2.